The van der Waals surface area contributed by atoms with Crippen molar-refractivity contribution in [1.82, 2.24) is 10.3 Å². The maximum atomic E-state index is 12.5. The van der Waals surface area contributed by atoms with Crippen LogP contribution in [0.4, 0.5) is 0 Å². The average molecular weight is 328 g/mol. The molecule has 0 aliphatic carbocycles. The van der Waals surface area contributed by atoms with Gasteiger partial charge in [-0.15, -0.1) is 0 Å². The molecule has 1 aromatic heterocycles. The predicted octanol–water partition coefficient (Wildman–Crippen LogP) is 2.86. The number of carbonyl (C=O) groups excluding carboxylic acids is 2. The number of carbonyl (C=O) groups is 2. The Labute approximate surface area is 142 Å². The van der Waals surface area contributed by atoms with Gasteiger partial charge in [0.2, 0.25) is 0 Å². The number of benzene rings is 1. The van der Waals surface area contributed by atoms with Gasteiger partial charge in [-0.25, -0.2) is 0 Å². The fourth-order valence-corrected chi connectivity index (χ4v) is 3.05. The van der Waals surface area contributed by atoms with Gasteiger partial charge in [0.15, 0.2) is 5.78 Å². The largest absolute Gasteiger partial charge is 0.387 e. The molecule has 0 saturated heterocycles. The molecule has 5 nitrogen and oxygen atoms in total. The molecule has 24 heavy (non-hydrogen) atoms. The summed E-state index contributed by atoms with van der Waals surface area (Å²) in [5.74, 6) is -0.366. The zero-order valence-corrected chi connectivity index (χ0v) is 14.6. The van der Waals surface area contributed by atoms with Crippen LogP contribution >= 0.6 is 0 Å². The molecule has 2 rings (SSSR count). The number of aliphatic hydroxyl groups is 1. The standard InChI is InChI=1S/C19H24N2O3/c1-5-14-17(13(4)22)12(3)21-18(14)19(24)20-10-16(23)15-9-7-6-8-11(15)2/h6-9,16,21,23H,5,10H2,1-4H3,(H,20,24). The van der Waals surface area contributed by atoms with Gasteiger partial charge in [-0.1, -0.05) is 31.2 Å². The van der Waals surface area contributed by atoms with Gasteiger partial charge in [-0.05, 0) is 43.9 Å². The van der Waals surface area contributed by atoms with Crippen LogP contribution in [0.5, 0.6) is 0 Å². The van der Waals surface area contributed by atoms with Crippen LogP contribution in [-0.2, 0) is 6.42 Å². The minimum absolute atomic E-state index is 0.0559. The van der Waals surface area contributed by atoms with E-state index < -0.39 is 6.10 Å². The third-order valence-corrected chi connectivity index (χ3v) is 4.23. The molecule has 0 aliphatic rings. The Morgan fingerprint density at radius 1 is 1.25 bits per heavy atom. The highest BCUT2D eigenvalue weighted by Crippen LogP contribution is 2.21. The summed E-state index contributed by atoms with van der Waals surface area (Å²) in [6.45, 7) is 7.23. The second kappa shape index (κ2) is 7.45. The lowest BCUT2D eigenvalue weighted by molar-refractivity contribution is 0.0910. The molecule has 1 atom stereocenters. The molecular weight excluding hydrogens is 304 g/mol. The van der Waals surface area contributed by atoms with Crippen LogP contribution in [0.3, 0.4) is 0 Å². The van der Waals surface area contributed by atoms with E-state index in [9.17, 15) is 14.7 Å². The van der Waals surface area contributed by atoms with Crippen LogP contribution in [0.1, 0.15) is 63.2 Å². The van der Waals surface area contributed by atoms with Gasteiger partial charge in [-0.3, -0.25) is 9.59 Å². The van der Waals surface area contributed by atoms with Gasteiger partial charge in [0.1, 0.15) is 5.69 Å². The first-order valence-corrected chi connectivity index (χ1v) is 8.10. The predicted molar refractivity (Wildman–Crippen MR) is 93.4 cm³/mol. The summed E-state index contributed by atoms with van der Waals surface area (Å²) in [6, 6.07) is 7.53. The number of hydrogen-bond acceptors (Lipinski definition) is 3. The summed E-state index contributed by atoms with van der Waals surface area (Å²) in [4.78, 5) is 27.3. The number of amides is 1. The van der Waals surface area contributed by atoms with Crippen LogP contribution in [0.25, 0.3) is 0 Å². The van der Waals surface area contributed by atoms with Crippen molar-refractivity contribution in [3.8, 4) is 0 Å². The third-order valence-electron chi connectivity index (χ3n) is 4.23. The number of Topliss-reactive ketones (excluding diaryl/α,β-unsaturated/α-hetero) is 1. The molecule has 0 bridgehead atoms. The third kappa shape index (κ3) is 3.57. The van der Waals surface area contributed by atoms with Crippen molar-refractivity contribution < 1.29 is 14.7 Å². The van der Waals surface area contributed by atoms with Crippen molar-refractivity contribution in [2.24, 2.45) is 0 Å². The summed E-state index contributed by atoms with van der Waals surface area (Å²) < 4.78 is 0. The number of ketones is 1. The highest BCUT2D eigenvalue weighted by atomic mass is 16.3. The molecule has 0 spiro atoms. The Morgan fingerprint density at radius 2 is 1.92 bits per heavy atom. The molecule has 128 valence electrons. The fraction of sp³-hybridized carbons (Fsp3) is 0.368. The summed E-state index contributed by atoms with van der Waals surface area (Å²) in [5, 5.41) is 13.0. The number of H-pyrrole nitrogens is 1. The van der Waals surface area contributed by atoms with E-state index in [0.29, 0.717) is 23.4 Å². The maximum absolute atomic E-state index is 12.5. The molecular formula is C19H24N2O3. The number of aromatic nitrogens is 1. The summed E-state index contributed by atoms with van der Waals surface area (Å²) in [5.41, 5.74) is 4.18. The SMILES string of the molecule is CCc1c(C(=O)NCC(O)c2ccccc2C)[nH]c(C)c1C(C)=O. The van der Waals surface area contributed by atoms with Crippen molar-refractivity contribution in [1.29, 1.82) is 0 Å². The normalized spacial score (nSPS) is 12.0. The Bertz CT molecular complexity index is 762. The Balaban J connectivity index is 2.15. The number of hydrogen-bond donors (Lipinski definition) is 3. The zero-order valence-electron chi connectivity index (χ0n) is 14.6. The Kier molecular flexibility index (Phi) is 5.57. The lowest BCUT2D eigenvalue weighted by Crippen LogP contribution is -2.29. The number of aryl methyl sites for hydroxylation is 2. The zero-order chi connectivity index (χ0) is 17.9. The van der Waals surface area contributed by atoms with E-state index in [2.05, 4.69) is 10.3 Å². The molecule has 0 fully saturated rings. The smallest absolute Gasteiger partial charge is 0.268 e. The van der Waals surface area contributed by atoms with Gasteiger partial charge >= 0.3 is 0 Å². The highest BCUT2D eigenvalue weighted by Gasteiger charge is 2.22. The van der Waals surface area contributed by atoms with Crippen molar-refractivity contribution in [3.05, 3.63) is 57.9 Å². The summed E-state index contributed by atoms with van der Waals surface area (Å²) in [7, 11) is 0. The number of rotatable bonds is 6. The lowest BCUT2D eigenvalue weighted by Gasteiger charge is -2.14. The number of nitrogens with one attached hydrogen (secondary N) is 2. The van der Waals surface area contributed by atoms with E-state index in [1.54, 1.807) is 6.92 Å². The van der Waals surface area contributed by atoms with Crippen LogP contribution in [0, 0.1) is 13.8 Å². The molecule has 5 heteroatoms. The molecule has 3 N–H and O–H groups in total. The molecule has 1 aromatic carbocycles. The maximum Gasteiger partial charge on any atom is 0.268 e. The minimum Gasteiger partial charge on any atom is -0.387 e. The summed E-state index contributed by atoms with van der Waals surface area (Å²) >= 11 is 0. The number of aliphatic hydroxyl groups excluding tert-OH is 1. The van der Waals surface area contributed by atoms with Crippen molar-refractivity contribution in [3.63, 3.8) is 0 Å². The van der Waals surface area contributed by atoms with Crippen molar-refractivity contribution in [2.75, 3.05) is 6.54 Å². The Morgan fingerprint density at radius 3 is 2.50 bits per heavy atom. The van der Waals surface area contributed by atoms with Gasteiger partial charge in [-0.2, -0.15) is 0 Å². The molecule has 0 radical (unpaired) electrons. The second-order valence-corrected chi connectivity index (χ2v) is 5.97. The van der Waals surface area contributed by atoms with E-state index in [-0.39, 0.29) is 18.2 Å². The Hall–Kier alpha value is -2.40. The minimum atomic E-state index is -0.774. The molecule has 0 aliphatic heterocycles. The van der Waals surface area contributed by atoms with Gasteiger partial charge in [0, 0.05) is 17.8 Å². The first-order valence-electron chi connectivity index (χ1n) is 8.10. The van der Waals surface area contributed by atoms with E-state index >= 15 is 0 Å². The van der Waals surface area contributed by atoms with E-state index in [1.807, 2.05) is 38.1 Å². The topological polar surface area (TPSA) is 82.2 Å². The first kappa shape index (κ1) is 17.9. The van der Waals surface area contributed by atoms with Crippen molar-refractivity contribution >= 4 is 11.7 Å². The highest BCUT2D eigenvalue weighted by molar-refractivity contribution is 6.02. The lowest BCUT2D eigenvalue weighted by atomic mass is 10.0. The first-order chi connectivity index (χ1) is 11.4. The van der Waals surface area contributed by atoms with Crippen LogP contribution < -0.4 is 5.32 Å². The van der Waals surface area contributed by atoms with Crippen LogP contribution in [0.15, 0.2) is 24.3 Å². The molecule has 1 amide bonds. The molecule has 1 heterocycles. The number of aromatic amines is 1. The van der Waals surface area contributed by atoms with Crippen LogP contribution in [0.2, 0.25) is 0 Å². The quantitative estimate of drug-likeness (QED) is 0.713. The molecule has 2 aromatic rings. The van der Waals surface area contributed by atoms with Crippen molar-refractivity contribution in [2.45, 2.75) is 40.2 Å². The summed E-state index contributed by atoms with van der Waals surface area (Å²) in [6.07, 6.45) is -0.189. The second-order valence-electron chi connectivity index (χ2n) is 5.97. The monoisotopic (exact) mass is 328 g/mol. The van der Waals surface area contributed by atoms with E-state index in [1.165, 1.54) is 6.92 Å². The van der Waals surface area contributed by atoms with Crippen LogP contribution in [-0.4, -0.2) is 28.3 Å². The average Bonchev–Trinajstić information content (AvgIpc) is 2.89. The van der Waals surface area contributed by atoms with Gasteiger partial charge in [0.05, 0.1) is 6.10 Å². The van der Waals surface area contributed by atoms with Gasteiger partial charge < -0.3 is 15.4 Å². The molecule has 1 unspecified atom stereocenters. The van der Waals surface area contributed by atoms with E-state index in [4.69, 9.17) is 0 Å². The molecule has 0 saturated carbocycles. The van der Waals surface area contributed by atoms with E-state index in [0.717, 1.165) is 16.7 Å². The fourth-order valence-electron chi connectivity index (χ4n) is 3.05. The van der Waals surface area contributed by atoms with Gasteiger partial charge in [0.25, 0.3) is 5.91 Å².